The first-order valence-corrected chi connectivity index (χ1v) is 11.5. The molecule has 1 aliphatic heterocycles. The number of hydrogen-bond donors (Lipinski definition) is 2. The van der Waals surface area contributed by atoms with Crippen LogP contribution in [0, 0.1) is 10.1 Å². The predicted octanol–water partition coefficient (Wildman–Crippen LogP) is 4.70. The van der Waals surface area contributed by atoms with E-state index in [1.165, 1.54) is 11.6 Å². The molecule has 8 nitrogen and oxygen atoms in total. The average Bonchev–Trinajstić information content (AvgIpc) is 2.86. The van der Waals surface area contributed by atoms with E-state index in [4.69, 9.17) is 12.2 Å². The number of nitrogens with zero attached hydrogens (tertiary/aromatic N) is 3. The minimum absolute atomic E-state index is 0.0711. The quantitative estimate of drug-likeness (QED) is 0.303. The summed E-state index contributed by atoms with van der Waals surface area (Å²) in [5.74, 6) is -0.500. The monoisotopic (exact) mass is 475 g/mol. The van der Waals surface area contributed by atoms with Gasteiger partial charge in [0.25, 0.3) is 11.6 Å². The highest BCUT2D eigenvalue weighted by molar-refractivity contribution is 7.80. The second-order valence-corrected chi connectivity index (χ2v) is 8.55. The van der Waals surface area contributed by atoms with Gasteiger partial charge in [0.2, 0.25) is 0 Å². The largest absolute Gasteiger partial charge is 0.366 e. The zero-order valence-corrected chi connectivity index (χ0v) is 19.4. The standard InChI is InChI=1S/C25H25N5O3S/c31-24(20-6-9-22(23(17-20)30(32)33)29-14-2-1-3-15-29)28-25(34)27-21-7-4-18(5-8-21)16-19-10-12-26-13-11-19/h4-13,17H,1-3,14-16H2,(H2,27,28,31,34). The molecule has 9 heteroatoms. The Morgan fingerprint density at radius 3 is 2.35 bits per heavy atom. The molecule has 0 radical (unpaired) electrons. The van der Waals surface area contributed by atoms with Crippen LogP contribution in [0.4, 0.5) is 17.1 Å². The number of carbonyl (C=O) groups excluding carboxylic acids is 1. The number of aromatic nitrogens is 1. The Morgan fingerprint density at radius 2 is 1.68 bits per heavy atom. The predicted molar refractivity (Wildman–Crippen MR) is 136 cm³/mol. The Morgan fingerprint density at radius 1 is 1.00 bits per heavy atom. The molecule has 174 valence electrons. The van der Waals surface area contributed by atoms with Crippen LogP contribution in [0.2, 0.25) is 0 Å². The van der Waals surface area contributed by atoms with Crippen molar-refractivity contribution in [2.24, 2.45) is 0 Å². The fourth-order valence-electron chi connectivity index (χ4n) is 3.99. The number of amides is 1. The average molecular weight is 476 g/mol. The van der Waals surface area contributed by atoms with Gasteiger partial charge in [0.05, 0.1) is 4.92 Å². The van der Waals surface area contributed by atoms with Crippen LogP contribution < -0.4 is 15.5 Å². The van der Waals surface area contributed by atoms with Crippen LogP contribution in [-0.2, 0) is 6.42 Å². The lowest BCUT2D eigenvalue weighted by atomic mass is 10.1. The van der Waals surface area contributed by atoms with E-state index in [1.807, 2.05) is 41.3 Å². The van der Waals surface area contributed by atoms with Crippen molar-refractivity contribution in [3.05, 3.63) is 93.8 Å². The minimum Gasteiger partial charge on any atom is -0.366 e. The minimum atomic E-state index is -0.500. The van der Waals surface area contributed by atoms with Crippen molar-refractivity contribution >= 4 is 40.3 Å². The van der Waals surface area contributed by atoms with Gasteiger partial charge in [-0.3, -0.25) is 25.2 Å². The number of rotatable bonds is 6. The van der Waals surface area contributed by atoms with E-state index in [1.54, 1.807) is 24.5 Å². The zero-order valence-electron chi connectivity index (χ0n) is 18.6. The van der Waals surface area contributed by atoms with Gasteiger partial charge in [-0.25, -0.2) is 0 Å². The van der Waals surface area contributed by atoms with Crippen molar-refractivity contribution in [2.75, 3.05) is 23.3 Å². The normalized spacial score (nSPS) is 13.2. The van der Waals surface area contributed by atoms with Gasteiger partial charge in [0.1, 0.15) is 5.69 Å². The lowest BCUT2D eigenvalue weighted by Crippen LogP contribution is -2.34. The first-order chi connectivity index (χ1) is 16.5. The highest BCUT2D eigenvalue weighted by Gasteiger charge is 2.23. The van der Waals surface area contributed by atoms with Crippen LogP contribution in [0.5, 0.6) is 0 Å². The molecule has 0 bridgehead atoms. The number of carbonyl (C=O) groups is 1. The lowest BCUT2D eigenvalue weighted by Gasteiger charge is -2.28. The van der Waals surface area contributed by atoms with E-state index in [0.717, 1.165) is 50.0 Å². The van der Waals surface area contributed by atoms with E-state index in [9.17, 15) is 14.9 Å². The van der Waals surface area contributed by atoms with Gasteiger partial charge >= 0.3 is 0 Å². The number of nitrogens with one attached hydrogen (secondary N) is 2. The number of pyridine rings is 1. The number of benzene rings is 2. The molecule has 1 amide bonds. The van der Waals surface area contributed by atoms with E-state index >= 15 is 0 Å². The number of piperidine rings is 1. The summed E-state index contributed by atoms with van der Waals surface area (Å²) in [6.07, 6.45) is 7.46. The van der Waals surface area contributed by atoms with Gasteiger partial charge in [0.15, 0.2) is 5.11 Å². The second-order valence-electron chi connectivity index (χ2n) is 8.15. The van der Waals surface area contributed by atoms with Crippen LogP contribution in [0.3, 0.4) is 0 Å². The Kier molecular flexibility index (Phi) is 7.44. The van der Waals surface area contributed by atoms with Crippen molar-refractivity contribution in [1.29, 1.82) is 0 Å². The van der Waals surface area contributed by atoms with Crippen molar-refractivity contribution in [1.82, 2.24) is 10.3 Å². The molecule has 2 heterocycles. The SMILES string of the molecule is O=C(NC(=S)Nc1ccc(Cc2ccncc2)cc1)c1ccc(N2CCCCC2)c([N+](=O)[O-])c1. The van der Waals surface area contributed by atoms with Gasteiger partial charge in [-0.1, -0.05) is 12.1 Å². The fourth-order valence-corrected chi connectivity index (χ4v) is 4.20. The third-order valence-electron chi connectivity index (χ3n) is 5.73. The van der Waals surface area contributed by atoms with Crippen LogP contribution in [0.25, 0.3) is 0 Å². The fraction of sp³-hybridized carbons (Fsp3) is 0.240. The highest BCUT2D eigenvalue weighted by atomic mass is 32.1. The Labute approximate surface area is 203 Å². The summed E-state index contributed by atoms with van der Waals surface area (Å²) in [5.41, 5.74) is 3.69. The molecular weight excluding hydrogens is 450 g/mol. The van der Waals surface area contributed by atoms with Gasteiger partial charge in [0, 0.05) is 42.8 Å². The Hall–Kier alpha value is -3.85. The van der Waals surface area contributed by atoms with Crippen LogP contribution in [0.1, 0.15) is 40.7 Å². The molecule has 0 unspecified atom stereocenters. The number of thiocarbonyl (C=S) groups is 1. The van der Waals surface area contributed by atoms with Crippen LogP contribution in [0.15, 0.2) is 67.0 Å². The molecule has 0 saturated carbocycles. The Balaban J connectivity index is 1.38. The molecule has 2 aromatic carbocycles. The van der Waals surface area contributed by atoms with E-state index in [2.05, 4.69) is 15.6 Å². The molecule has 4 rings (SSSR count). The van der Waals surface area contributed by atoms with E-state index in [-0.39, 0.29) is 16.4 Å². The summed E-state index contributed by atoms with van der Waals surface area (Å²) in [4.78, 5) is 29.9. The van der Waals surface area contributed by atoms with E-state index < -0.39 is 10.8 Å². The number of nitro benzene ring substituents is 1. The molecule has 0 atom stereocenters. The van der Waals surface area contributed by atoms with Gasteiger partial charge < -0.3 is 10.2 Å². The summed E-state index contributed by atoms with van der Waals surface area (Å²) < 4.78 is 0. The van der Waals surface area contributed by atoms with Crippen molar-refractivity contribution in [3.63, 3.8) is 0 Å². The maximum absolute atomic E-state index is 12.7. The highest BCUT2D eigenvalue weighted by Crippen LogP contribution is 2.31. The summed E-state index contributed by atoms with van der Waals surface area (Å²) in [6, 6.07) is 16.2. The number of hydrogen-bond acceptors (Lipinski definition) is 6. The first-order valence-electron chi connectivity index (χ1n) is 11.1. The molecule has 0 spiro atoms. The van der Waals surface area contributed by atoms with Crippen molar-refractivity contribution in [3.8, 4) is 0 Å². The first kappa shape index (κ1) is 23.3. The molecule has 34 heavy (non-hydrogen) atoms. The molecule has 1 aromatic heterocycles. The molecule has 1 aliphatic rings. The topological polar surface area (TPSA) is 100 Å². The zero-order chi connectivity index (χ0) is 23.9. The second kappa shape index (κ2) is 10.8. The molecule has 2 N–H and O–H groups in total. The van der Waals surface area contributed by atoms with Gasteiger partial charge in [-0.05, 0) is 85.4 Å². The van der Waals surface area contributed by atoms with Gasteiger partial charge in [-0.2, -0.15) is 0 Å². The molecule has 0 aliphatic carbocycles. The van der Waals surface area contributed by atoms with Crippen LogP contribution in [-0.4, -0.2) is 34.0 Å². The molecule has 3 aromatic rings. The molecular formula is C25H25N5O3S. The maximum atomic E-state index is 12.7. The Bertz CT molecular complexity index is 1180. The van der Waals surface area contributed by atoms with Crippen LogP contribution >= 0.6 is 12.2 Å². The lowest BCUT2D eigenvalue weighted by molar-refractivity contribution is -0.384. The van der Waals surface area contributed by atoms with Crippen molar-refractivity contribution < 1.29 is 9.72 Å². The third-order valence-corrected chi connectivity index (χ3v) is 5.93. The molecule has 1 fully saturated rings. The summed E-state index contributed by atoms with van der Waals surface area (Å²) >= 11 is 5.27. The molecule has 1 saturated heterocycles. The van der Waals surface area contributed by atoms with Gasteiger partial charge in [-0.15, -0.1) is 0 Å². The number of anilines is 2. The number of nitro groups is 1. The maximum Gasteiger partial charge on any atom is 0.293 e. The van der Waals surface area contributed by atoms with Crippen molar-refractivity contribution in [2.45, 2.75) is 25.7 Å². The smallest absolute Gasteiger partial charge is 0.293 e. The summed E-state index contributed by atoms with van der Waals surface area (Å²) in [5, 5.41) is 17.4. The summed E-state index contributed by atoms with van der Waals surface area (Å²) in [7, 11) is 0. The van der Waals surface area contributed by atoms with E-state index in [0.29, 0.717) is 5.69 Å². The third kappa shape index (κ3) is 5.93. The summed E-state index contributed by atoms with van der Waals surface area (Å²) in [6.45, 7) is 1.56.